The van der Waals surface area contributed by atoms with Gasteiger partial charge in [0.1, 0.15) is 84.5 Å². The van der Waals surface area contributed by atoms with E-state index in [0.717, 1.165) is 75.6 Å². The maximum atomic E-state index is 14.7. The van der Waals surface area contributed by atoms with Gasteiger partial charge in [0.2, 0.25) is 23.6 Å². The van der Waals surface area contributed by atoms with Crippen LogP contribution in [-0.4, -0.2) is 251 Å². The van der Waals surface area contributed by atoms with Crippen molar-refractivity contribution in [2.24, 2.45) is 28.8 Å². The Labute approximate surface area is 740 Å². The summed E-state index contributed by atoms with van der Waals surface area (Å²) in [5.41, 5.74) is 19.1. The highest BCUT2D eigenvalue weighted by Crippen LogP contribution is 2.35. The number of amides is 10. The lowest BCUT2D eigenvalue weighted by atomic mass is 9.92. The third-order valence-electron chi connectivity index (χ3n) is 21.5. The molecule has 0 spiro atoms. The second kappa shape index (κ2) is 59.0. The van der Waals surface area contributed by atoms with Crippen LogP contribution in [0.4, 0.5) is 9.59 Å². The Morgan fingerprint density at radius 2 is 0.903 bits per heavy atom. The van der Waals surface area contributed by atoms with Crippen LogP contribution >= 0.6 is 22.7 Å². The molecule has 2 aliphatic heterocycles. The van der Waals surface area contributed by atoms with Crippen LogP contribution in [0.5, 0.6) is 0 Å². The maximum absolute atomic E-state index is 14.7. The summed E-state index contributed by atoms with van der Waals surface area (Å²) < 4.78 is 45.2. The fourth-order valence-corrected chi connectivity index (χ4v) is 15.8. The number of piperidine rings is 2. The first-order chi connectivity index (χ1) is 59.7. The number of nitrogens with one attached hydrogen (secondary N) is 8. The van der Waals surface area contributed by atoms with Crippen LogP contribution in [0.1, 0.15) is 228 Å². The van der Waals surface area contributed by atoms with E-state index in [4.69, 9.17) is 53.4 Å². The minimum atomic E-state index is -1.12. The molecule has 8 N–H and O–H groups in total. The lowest BCUT2D eigenvalue weighted by Crippen LogP contribution is -2.59. The number of carbonyl (C=O) groups is 10. The monoisotopic (exact) mass is 1770 g/mol. The largest absolute Gasteiger partial charge is 0.446 e. The molecule has 0 unspecified atom stereocenters. The van der Waals surface area contributed by atoms with Crippen molar-refractivity contribution in [2.75, 3.05) is 113 Å². The molecule has 124 heavy (non-hydrogen) atoms. The fourth-order valence-electron chi connectivity index (χ4n) is 14.0. The van der Waals surface area contributed by atoms with Gasteiger partial charge < -0.3 is 69.0 Å². The lowest BCUT2D eigenvalue weighted by Gasteiger charge is -2.40. The molecule has 0 radical (unpaired) electrons. The predicted octanol–water partition coefficient (Wildman–Crippen LogP) is 10.7. The summed E-state index contributed by atoms with van der Waals surface area (Å²) in [5.74, 6) is -3.69. The third-order valence-corrected chi connectivity index (χ3v) is 23.4. The van der Waals surface area contributed by atoms with Crippen molar-refractivity contribution in [1.29, 1.82) is 0 Å². The first kappa shape index (κ1) is 106. The molecule has 2 aliphatic rings. The second-order valence-corrected chi connectivity index (χ2v) is 33.4. The molecule has 35 nitrogen and oxygen atoms in total. The number of benzene rings is 2. The Morgan fingerprint density at radius 3 is 1.26 bits per heavy atom. The number of aromatic nitrogens is 2. The average molecular weight is 1780 g/mol. The van der Waals surface area contributed by atoms with Gasteiger partial charge in [-0.3, -0.25) is 59.0 Å². The predicted molar refractivity (Wildman–Crippen MR) is 473 cm³/mol. The highest BCUT2D eigenvalue weighted by atomic mass is 32.1. The Bertz CT molecular complexity index is 3880. The van der Waals surface area contributed by atoms with Gasteiger partial charge in [-0.2, -0.15) is 0 Å². The van der Waals surface area contributed by atoms with Gasteiger partial charge in [-0.15, -0.1) is 22.7 Å². The summed E-state index contributed by atoms with van der Waals surface area (Å²) in [6.45, 7) is 30.1. The molecule has 2 aromatic heterocycles. The standard InChI is InChI=1S/C44H71N7O9S.C43H68N10O9S/c1-9-22-58-24-25-60-44(56)49-48-40(53)33(26-32-18-14-13-15-19-32)45-39(52)34-28-61-42(46-34)37(59-23-10-2)27-36(30(5)6)51(29-57-12-4)43(55)38(31(7)11-3)47-41(54)35-20-16-17-21-50(35)8;1-8-21-61-36(26-35(29(4)5)53(28-59-10-3)42(57)37(30(6)9-2)48-40(56)34-18-14-15-20-52(34)7)41-47-33(27-63-41)38(54)46-32(25-31-16-12-11-13-17-31)39(55)49-50-43(58)62-24-23-60-22-19-45-51-44/h13-15,18-19,28,30-31,33,35-38H,9-12,16-17,20-27,29H2,1-8H3,(H,45,52)(H,47,54)(H,48,53)(H,49,56);11-13,16-17,27,29-30,32,34-37H,8-10,14-15,18-26,28H2,1-7H3,(H,46,54)(H,48,56)(H,49,55)(H,50,58)/t31-,33-,35+,36+,37+,38-;30-,32-,34+,35+,36+,37-/m00/s1. The van der Waals surface area contributed by atoms with E-state index in [9.17, 15) is 47.9 Å². The number of hydrogen-bond donors (Lipinski definition) is 8. The highest BCUT2D eigenvalue weighted by molar-refractivity contribution is 7.10. The average Bonchev–Trinajstić information content (AvgIpc) is 1.36. The SMILES string of the molecule is CCCOCCOC(=O)NNC(=O)[C@H](Cc1ccccc1)NC(=O)c1csc([C@@H](C[C@H](C(C)C)N(COCC)C(=O)[C@@H](NC(=O)[C@H]2CCCCN2C)[C@@H](C)CC)OCCC)n1.CCCO[C@H](C[C@H](C(C)C)N(COCC)C(=O)[C@@H](NC(=O)[C@H]1CCCCN1C)[C@@H](C)CC)c1nc(C(=O)N[C@@H](Cc2ccccc2)C(=O)NNC(=O)OCCOCCN=[N+]=[N-])cs1. The molecule has 0 bridgehead atoms. The Balaban J connectivity index is 0.000000441. The first-order valence-corrected chi connectivity index (χ1v) is 45.7. The van der Waals surface area contributed by atoms with Crippen molar-refractivity contribution < 1.29 is 85.8 Å². The number of thiazole rings is 2. The molecular formula is C87H139N17O18S2. The van der Waals surface area contributed by atoms with E-state index in [1.165, 1.54) is 22.7 Å². The molecule has 37 heteroatoms. The van der Waals surface area contributed by atoms with Crippen LogP contribution in [0.25, 0.3) is 10.4 Å². The van der Waals surface area contributed by atoms with E-state index in [2.05, 4.69) is 62.8 Å². The summed E-state index contributed by atoms with van der Waals surface area (Å²) in [6, 6.07) is 13.1. The number of azide groups is 1. The normalized spacial score (nSPS) is 16.6. The molecule has 12 atom stereocenters. The highest BCUT2D eigenvalue weighted by Gasteiger charge is 2.42. The molecular weight excluding hydrogens is 1640 g/mol. The minimum absolute atomic E-state index is 0.00889. The third kappa shape index (κ3) is 36.5. The van der Waals surface area contributed by atoms with Crippen molar-refractivity contribution in [2.45, 2.75) is 247 Å². The van der Waals surface area contributed by atoms with Crippen LogP contribution < -0.4 is 43.0 Å². The van der Waals surface area contributed by atoms with Crippen molar-refractivity contribution in [3.8, 4) is 0 Å². The number of carbonyl (C=O) groups excluding carboxylic acids is 10. The van der Waals surface area contributed by atoms with E-state index in [1.807, 2.05) is 165 Å². The maximum Gasteiger partial charge on any atom is 0.426 e. The van der Waals surface area contributed by atoms with Crippen LogP contribution in [0.15, 0.2) is 76.5 Å². The van der Waals surface area contributed by atoms with Gasteiger partial charge in [0.15, 0.2) is 0 Å². The van der Waals surface area contributed by atoms with Gasteiger partial charge in [-0.05, 0) is 126 Å². The van der Waals surface area contributed by atoms with Crippen molar-refractivity contribution in [3.63, 3.8) is 0 Å². The number of hydrazine groups is 2. The van der Waals surface area contributed by atoms with Crippen LogP contribution in [0, 0.1) is 23.7 Å². The molecule has 2 fully saturated rings. The number of ether oxygens (including phenoxy) is 8. The van der Waals surface area contributed by atoms with Gasteiger partial charge >= 0.3 is 12.2 Å². The zero-order chi connectivity index (χ0) is 90.9. The van der Waals surface area contributed by atoms with Crippen molar-refractivity contribution in [1.82, 2.24) is 72.5 Å². The summed E-state index contributed by atoms with van der Waals surface area (Å²) in [5, 5.41) is 19.4. The quantitative estimate of drug-likeness (QED) is 0.00508. The fraction of sp³-hybridized carbons (Fsp3) is 0.678. The van der Waals surface area contributed by atoms with E-state index in [-0.39, 0.29) is 143 Å². The molecule has 0 aliphatic carbocycles. The summed E-state index contributed by atoms with van der Waals surface area (Å²) in [6.07, 6.45) is 7.02. The molecule has 6 rings (SSSR count). The van der Waals surface area contributed by atoms with Crippen LogP contribution in [0.3, 0.4) is 0 Å². The topological polar surface area (TPSA) is 428 Å². The smallest absolute Gasteiger partial charge is 0.426 e. The second-order valence-electron chi connectivity index (χ2n) is 31.7. The number of rotatable bonds is 53. The summed E-state index contributed by atoms with van der Waals surface area (Å²) >= 11 is 2.49. The number of likely N-dealkylation sites (tertiary alicyclic amines) is 2. The van der Waals surface area contributed by atoms with Crippen molar-refractivity contribution >= 4 is 82.1 Å². The number of nitrogens with zero attached hydrogens (tertiary/aromatic N) is 9. The zero-order valence-electron chi connectivity index (χ0n) is 75.4. The van der Waals surface area contributed by atoms with Gasteiger partial charge in [-0.1, -0.05) is 168 Å². The Morgan fingerprint density at radius 1 is 0.508 bits per heavy atom. The molecule has 4 heterocycles. The van der Waals surface area contributed by atoms with E-state index < -0.39 is 78.2 Å². The van der Waals surface area contributed by atoms with E-state index in [1.54, 1.807) is 20.6 Å². The minimum Gasteiger partial charge on any atom is -0.446 e. The molecule has 2 saturated heterocycles. The first-order valence-electron chi connectivity index (χ1n) is 43.9. The van der Waals surface area contributed by atoms with Gasteiger partial charge in [0.25, 0.3) is 23.6 Å². The van der Waals surface area contributed by atoms with E-state index in [0.29, 0.717) is 75.2 Å². The molecule has 692 valence electrons. The zero-order valence-corrected chi connectivity index (χ0v) is 77.0. The molecule has 2 aromatic carbocycles. The van der Waals surface area contributed by atoms with Crippen LogP contribution in [0.2, 0.25) is 0 Å². The number of likely N-dealkylation sites (N-methyl/N-ethyl adjacent to an activating group) is 2. The van der Waals surface area contributed by atoms with Gasteiger partial charge in [-0.25, -0.2) is 30.4 Å². The number of hydrogen-bond acceptors (Lipinski definition) is 25. The van der Waals surface area contributed by atoms with E-state index >= 15 is 0 Å². The van der Waals surface area contributed by atoms with Crippen LogP contribution in [-0.2, 0) is 79.5 Å². The Hall–Kier alpha value is -9.01. The molecule has 10 amide bonds. The molecule has 4 aromatic rings. The van der Waals surface area contributed by atoms with Crippen molar-refractivity contribution in [3.05, 3.63) is 114 Å². The summed E-state index contributed by atoms with van der Waals surface area (Å²) in [7, 11) is 3.90. The lowest BCUT2D eigenvalue weighted by molar-refractivity contribution is -0.149. The van der Waals surface area contributed by atoms with Gasteiger partial charge in [0.05, 0.1) is 31.9 Å². The Kier molecular flexibility index (Phi) is 50.3. The summed E-state index contributed by atoms with van der Waals surface area (Å²) in [4.78, 5) is 155. The molecule has 0 saturated carbocycles. The van der Waals surface area contributed by atoms with Gasteiger partial charge in [0, 0.05) is 93.0 Å².